The molecule has 6 nitrogen and oxygen atoms in total. The van der Waals surface area contributed by atoms with Crippen LogP contribution in [0.5, 0.6) is 0 Å². The van der Waals surface area contributed by atoms with E-state index in [0.717, 1.165) is 51.5 Å². The van der Waals surface area contributed by atoms with Crippen molar-refractivity contribution in [2.24, 2.45) is 0 Å². The van der Waals surface area contributed by atoms with Crippen molar-refractivity contribution in [2.75, 3.05) is 19.0 Å². The molecule has 0 fully saturated rings. The Kier molecular flexibility index (Phi) is 4.41. The average Bonchev–Trinajstić information content (AvgIpc) is 3.33. The van der Waals surface area contributed by atoms with Gasteiger partial charge >= 0.3 is 0 Å². The Morgan fingerprint density at radius 2 is 1.94 bits per heavy atom. The summed E-state index contributed by atoms with van der Waals surface area (Å²) >= 11 is 0. The molecule has 1 aliphatic heterocycles. The summed E-state index contributed by atoms with van der Waals surface area (Å²) in [6.45, 7) is 9.32. The maximum Gasteiger partial charge on any atom is 0.162 e. The van der Waals surface area contributed by atoms with Gasteiger partial charge in [-0.15, -0.1) is 10.2 Å². The van der Waals surface area contributed by atoms with Crippen molar-refractivity contribution in [2.45, 2.75) is 39.8 Å². The fourth-order valence-electron chi connectivity index (χ4n) is 4.66. The molecule has 0 atom stereocenters. The van der Waals surface area contributed by atoms with Crippen LogP contribution >= 0.6 is 0 Å². The van der Waals surface area contributed by atoms with E-state index in [4.69, 9.17) is 4.74 Å². The molecular weight excluding hydrogens is 393 g/mol. The summed E-state index contributed by atoms with van der Waals surface area (Å²) in [4.78, 5) is 0. The lowest BCUT2D eigenvalue weighted by atomic mass is 9.92. The van der Waals surface area contributed by atoms with E-state index in [1.54, 1.807) is 13.2 Å². The van der Waals surface area contributed by atoms with Gasteiger partial charge in [0.1, 0.15) is 11.6 Å². The van der Waals surface area contributed by atoms with Gasteiger partial charge in [-0.3, -0.25) is 4.57 Å². The third-order valence-electron chi connectivity index (χ3n) is 6.19. The number of nitrogens with zero attached hydrogens (tertiary/aromatic N) is 4. The molecule has 2 aromatic carbocycles. The van der Waals surface area contributed by atoms with Crippen molar-refractivity contribution in [1.29, 1.82) is 0 Å². The lowest BCUT2D eigenvalue weighted by Crippen LogP contribution is -2.37. The summed E-state index contributed by atoms with van der Waals surface area (Å²) in [7, 11) is 1.70. The number of benzene rings is 2. The Hall–Kier alpha value is -3.19. The van der Waals surface area contributed by atoms with Crippen LogP contribution in [-0.2, 0) is 16.8 Å². The highest BCUT2D eigenvalue weighted by molar-refractivity contribution is 5.97. The van der Waals surface area contributed by atoms with Crippen LogP contribution in [0.25, 0.3) is 27.7 Å². The van der Waals surface area contributed by atoms with Crippen molar-refractivity contribution >= 4 is 16.6 Å². The van der Waals surface area contributed by atoms with Crippen LogP contribution in [0.3, 0.4) is 0 Å². The number of hydrogen-bond acceptors (Lipinski definition) is 4. The summed E-state index contributed by atoms with van der Waals surface area (Å²) in [6.07, 6.45) is 2.06. The molecular formula is C24H26FN5O. The Bertz CT molecular complexity index is 1320. The third-order valence-corrected chi connectivity index (χ3v) is 6.19. The molecule has 1 N–H and O–H groups in total. The first-order chi connectivity index (χ1) is 14.8. The van der Waals surface area contributed by atoms with Gasteiger partial charge in [-0.25, -0.2) is 4.39 Å². The minimum absolute atomic E-state index is 0.279. The van der Waals surface area contributed by atoms with Gasteiger partial charge in [-0.2, -0.15) is 0 Å². The zero-order chi connectivity index (χ0) is 21.9. The van der Waals surface area contributed by atoms with Gasteiger partial charge in [-0.1, -0.05) is 12.1 Å². The third kappa shape index (κ3) is 2.87. The minimum atomic E-state index is -0.526. The fourth-order valence-corrected chi connectivity index (χ4v) is 4.66. The number of aryl methyl sites for hydroxylation is 1. The zero-order valence-corrected chi connectivity index (χ0v) is 18.5. The number of halogens is 1. The molecule has 1 aliphatic rings. The predicted octanol–water partition coefficient (Wildman–Crippen LogP) is 4.95. The number of methoxy groups -OCH3 is 1. The second-order valence-electron chi connectivity index (χ2n) is 8.65. The minimum Gasteiger partial charge on any atom is -0.383 e. The first-order valence-electron chi connectivity index (χ1n) is 10.4. The highest BCUT2D eigenvalue weighted by Gasteiger charge is 2.37. The maximum atomic E-state index is 15.5. The van der Waals surface area contributed by atoms with Crippen LogP contribution < -0.4 is 5.32 Å². The number of hydrogen-bond donors (Lipinski definition) is 1. The van der Waals surface area contributed by atoms with E-state index in [1.165, 1.54) is 0 Å². The molecule has 0 amide bonds. The average molecular weight is 420 g/mol. The first kappa shape index (κ1) is 19.8. The second kappa shape index (κ2) is 6.92. The number of ether oxygens (including phenoxy) is 1. The quantitative estimate of drug-likeness (QED) is 0.508. The van der Waals surface area contributed by atoms with E-state index in [0.29, 0.717) is 12.3 Å². The van der Waals surface area contributed by atoms with E-state index in [9.17, 15) is 0 Å². The van der Waals surface area contributed by atoms with E-state index < -0.39 is 5.54 Å². The molecule has 0 radical (unpaired) electrons. The Balaban J connectivity index is 1.75. The number of fused-ring (bicyclic) bond motifs is 4. The smallest absolute Gasteiger partial charge is 0.162 e. The van der Waals surface area contributed by atoms with Gasteiger partial charge in [0.15, 0.2) is 5.82 Å². The standard InChI is InChI=1S/C24H26FN5O/c1-14-18(16-7-6-8-20-17(16)9-10-29(20)11-12-31-5)13-19(25)21-22(14)30-15(2)27-28-23(30)24(3,4)26-21/h6-10,13,26H,11-12H2,1-5H3. The first-order valence-corrected chi connectivity index (χ1v) is 10.4. The van der Waals surface area contributed by atoms with Crippen LogP contribution in [0.2, 0.25) is 0 Å². The Labute approximate surface area is 180 Å². The highest BCUT2D eigenvalue weighted by Crippen LogP contribution is 2.44. The SMILES string of the molecule is COCCn1ccc2c(-c3cc(F)c4c(c3C)-n3c(C)nnc3C(C)(C)N4)cccc21. The lowest BCUT2D eigenvalue weighted by molar-refractivity contribution is 0.188. The summed E-state index contributed by atoms with van der Waals surface area (Å²) in [5.41, 5.74) is 4.71. The van der Waals surface area contributed by atoms with Crippen molar-refractivity contribution in [3.8, 4) is 16.8 Å². The van der Waals surface area contributed by atoms with Crippen LogP contribution in [-0.4, -0.2) is 33.0 Å². The summed E-state index contributed by atoms with van der Waals surface area (Å²) in [5, 5.41) is 13.1. The van der Waals surface area contributed by atoms with E-state index in [-0.39, 0.29) is 5.82 Å². The molecule has 5 rings (SSSR count). The molecule has 3 heterocycles. The van der Waals surface area contributed by atoms with E-state index in [1.807, 2.05) is 38.3 Å². The summed E-state index contributed by atoms with van der Waals surface area (Å²) < 4.78 is 24.9. The molecule has 160 valence electrons. The molecule has 0 saturated carbocycles. The number of nitrogens with one attached hydrogen (secondary N) is 1. The van der Waals surface area contributed by atoms with Gasteiger partial charge in [0.05, 0.1) is 23.5 Å². The molecule has 0 saturated heterocycles. The van der Waals surface area contributed by atoms with Gasteiger partial charge in [0, 0.05) is 30.8 Å². The number of rotatable bonds is 4. The van der Waals surface area contributed by atoms with Gasteiger partial charge in [0.2, 0.25) is 0 Å². The molecule has 0 spiro atoms. The summed E-state index contributed by atoms with van der Waals surface area (Å²) in [5.74, 6) is 1.24. The molecule has 7 heteroatoms. The van der Waals surface area contributed by atoms with Crippen LogP contribution in [0.4, 0.5) is 10.1 Å². The van der Waals surface area contributed by atoms with Gasteiger partial charge in [-0.05, 0) is 62.6 Å². The molecule has 31 heavy (non-hydrogen) atoms. The monoisotopic (exact) mass is 419 g/mol. The largest absolute Gasteiger partial charge is 0.383 e. The fraction of sp³-hybridized carbons (Fsp3) is 0.333. The van der Waals surface area contributed by atoms with Crippen LogP contribution in [0.1, 0.15) is 31.1 Å². The van der Waals surface area contributed by atoms with Crippen molar-refractivity contribution < 1.29 is 9.13 Å². The van der Waals surface area contributed by atoms with Crippen LogP contribution in [0, 0.1) is 19.7 Å². The zero-order valence-electron chi connectivity index (χ0n) is 18.5. The molecule has 0 bridgehead atoms. The normalized spacial score (nSPS) is 14.4. The predicted molar refractivity (Wildman–Crippen MR) is 120 cm³/mol. The molecule has 0 unspecified atom stereocenters. The van der Waals surface area contributed by atoms with E-state index in [2.05, 4.69) is 44.5 Å². The Morgan fingerprint density at radius 3 is 2.71 bits per heavy atom. The van der Waals surface area contributed by atoms with Crippen molar-refractivity contribution in [3.63, 3.8) is 0 Å². The number of anilines is 1. The molecule has 0 aliphatic carbocycles. The number of aromatic nitrogens is 4. The van der Waals surface area contributed by atoms with Crippen molar-refractivity contribution in [1.82, 2.24) is 19.3 Å². The molecule has 2 aromatic heterocycles. The van der Waals surface area contributed by atoms with Gasteiger partial charge in [0.25, 0.3) is 0 Å². The maximum absolute atomic E-state index is 15.5. The molecule has 4 aromatic rings. The Morgan fingerprint density at radius 1 is 1.13 bits per heavy atom. The lowest BCUT2D eigenvalue weighted by Gasteiger charge is -2.35. The topological polar surface area (TPSA) is 56.9 Å². The summed E-state index contributed by atoms with van der Waals surface area (Å²) in [6, 6.07) is 9.90. The van der Waals surface area contributed by atoms with Gasteiger partial charge < -0.3 is 14.6 Å². The highest BCUT2D eigenvalue weighted by atomic mass is 19.1. The van der Waals surface area contributed by atoms with Crippen LogP contribution in [0.15, 0.2) is 36.5 Å². The van der Waals surface area contributed by atoms with E-state index >= 15 is 4.39 Å². The second-order valence-corrected chi connectivity index (χ2v) is 8.65. The van der Waals surface area contributed by atoms with Crippen molar-refractivity contribution in [3.05, 3.63) is 59.6 Å².